The van der Waals surface area contributed by atoms with Gasteiger partial charge in [0.2, 0.25) is 0 Å². The summed E-state index contributed by atoms with van der Waals surface area (Å²) in [4.78, 5) is 0. The highest BCUT2D eigenvalue weighted by Crippen LogP contribution is 2.37. The molecule has 0 radical (unpaired) electrons. The summed E-state index contributed by atoms with van der Waals surface area (Å²) in [5.74, 6) is 0. The monoisotopic (exact) mass is 384 g/mol. The van der Waals surface area contributed by atoms with Gasteiger partial charge in [0.05, 0.1) is 13.2 Å². The molecule has 148 valence electrons. The Balaban J connectivity index is 1.98. The first-order valence-corrected chi connectivity index (χ1v) is 11.9. The molecule has 1 fully saturated rings. The zero-order chi connectivity index (χ0) is 19.5. The number of aliphatic hydroxyl groups is 3. The summed E-state index contributed by atoms with van der Waals surface area (Å²) in [6.45, 7) is 11.0. The van der Waals surface area contributed by atoms with Crippen LogP contribution in [0.4, 0.5) is 0 Å². The predicted molar refractivity (Wildman–Crippen MR) is 101 cm³/mol. The molecular formula is C19H32O6Si. The zero-order valence-corrected chi connectivity index (χ0v) is 17.3. The predicted octanol–water partition coefficient (Wildman–Crippen LogP) is 2.03. The highest BCUT2D eigenvalue weighted by molar-refractivity contribution is 6.74. The Morgan fingerprint density at radius 1 is 1.00 bits per heavy atom. The first-order chi connectivity index (χ1) is 12.0. The van der Waals surface area contributed by atoms with Gasteiger partial charge in [0.15, 0.2) is 14.6 Å². The molecule has 1 saturated heterocycles. The van der Waals surface area contributed by atoms with Crippen molar-refractivity contribution in [3.63, 3.8) is 0 Å². The molecule has 0 aromatic heterocycles. The minimum absolute atomic E-state index is 0.0218. The van der Waals surface area contributed by atoms with E-state index in [1.807, 2.05) is 30.3 Å². The van der Waals surface area contributed by atoms with Gasteiger partial charge in [-0.05, 0) is 23.7 Å². The van der Waals surface area contributed by atoms with Crippen molar-refractivity contribution in [1.82, 2.24) is 0 Å². The van der Waals surface area contributed by atoms with Crippen LogP contribution in [0.25, 0.3) is 0 Å². The maximum absolute atomic E-state index is 10.3. The lowest BCUT2D eigenvalue weighted by molar-refractivity contribution is -0.303. The van der Waals surface area contributed by atoms with Crippen molar-refractivity contribution >= 4 is 8.32 Å². The van der Waals surface area contributed by atoms with Gasteiger partial charge in [-0.3, -0.25) is 0 Å². The molecule has 0 aliphatic carbocycles. The van der Waals surface area contributed by atoms with Crippen LogP contribution in [0.15, 0.2) is 30.3 Å². The second-order valence-electron chi connectivity index (χ2n) is 8.38. The summed E-state index contributed by atoms with van der Waals surface area (Å²) in [6.07, 6.45) is -5.69. The third kappa shape index (κ3) is 5.13. The van der Waals surface area contributed by atoms with E-state index in [0.717, 1.165) is 5.56 Å². The van der Waals surface area contributed by atoms with Crippen LogP contribution in [-0.2, 0) is 20.5 Å². The van der Waals surface area contributed by atoms with Crippen molar-refractivity contribution in [2.24, 2.45) is 0 Å². The van der Waals surface area contributed by atoms with Gasteiger partial charge in [-0.1, -0.05) is 51.1 Å². The lowest BCUT2D eigenvalue weighted by Crippen LogP contribution is -2.60. The van der Waals surface area contributed by atoms with Gasteiger partial charge in [-0.25, -0.2) is 0 Å². The van der Waals surface area contributed by atoms with Gasteiger partial charge in [0, 0.05) is 0 Å². The Hall–Kier alpha value is -0.803. The standard InChI is InChI=1S/C19H32O6Si/c1-19(2,3)26(4,5)24-12-14-15(20)16(21)17(22)18(25-14)23-11-13-9-7-6-8-10-13/h6-10,14-18,20-22H,11-12H2,1-5H3/t14-,15+,16+,17-,18-/m1/s1. The summed E-state index contributed by atoms with van der Waals surface area (Å²) < 4.78 is 17.5. The van der Waals surface area contributed by atoms with Crippen molar-refractivity contribution in [3.05, 3.63) is 35.9 Å². The van der Waals surface area contributed by atoms with Crippen LogP contribution >= 0.6 is 0 Å². The number of hydrogen-bond donors (Lipinski definition) is 3. The fourth-order valence-corrected chi connectivity index (χ4v) is 3.47. The van der Waals surface area contributed by atoms with Crippen LogP contribution in [0.1, 0.15) is 26.3 Å². The Labute approximate surface area is 156 Å². The minimum atomic E-state index is -2.03. The molecule has 0 unspecified atom stereocenters. The SMILES string of the molecule is CC(C)(C)[Si](C)(C)OC[C@H]1O[C@@H](OCc2ccccc2)[C@H](O)[C@@H](O)[C@H]1O. The highest BCUT2D eigenvalue weighted by Gasteiger charge is 2.46. The number of ether oxygens (including phenoxy) is 2. The van der Waals surface area contributed by atoms with Crippen molar-refractivity contribution < 1.29 is 29.2 Å². The van der Waals surface area contributed by atoms with Gasteiger partial charge >= 0.3 is 0 Å². The van der Waals surface area contributed by atoms with Crippen LogP contribution in [0, 0.1) is 0 Å². The molecule has 7 heteroatoms. The maximum Gasteiger partial charge on any atom is 0.192 e. The van der Waals surface area contributed by atoms with E-state index in [1.165, 1.54) is 0 Å². The first-order valence-electron chi connectivity index (χ1n) is 9.02. The summed E-state index contributed by atoms with van der Waals surface area (Å²) >= 11 is 0. The van der Waals surface area contributed by atoms with Gasteiger partial charge in [-0.2, -0.15) is 0 Å². The Morgan fingerprint density at radius 3 is 2.19 bits per heavy atom. The van der Waals surface area contributed by atoms with E-state index in [2.05, 4.69) is 33.9 Å². The van der Waals surface area contributed by atoms with Crippen LogP contribution in [0.3, 0.4) is 0 Å². The molecule has 6 nitrogen and oxygen atoms in total. The van der Waals surface area contributed by atoms with Crippen LogP contribution in [-0.4, -0.2) is 60.9 Å². The number of benzene rings is 1. The molecule has 0 amide bonds. The third-order valence-electron chi connectivity index (χ3n) is 5.34. The topological polar surface area (TPSA) is 88.4 Å². The molecule has 26 heavy (non-hydrogen) atoms. The summed E-state index contributed by atoms with van der Waals surface area (Å²) in [5.41, 5.74) is 0.929. The van der Waals surface area contributed by atoms with E-state index in [1.54, 1.807) is 0 Å². The molecule has 0 saturated carbocycles. The van der Waals surface area contributed by atoms with Crippen molar-refractivity contribution in [1.29, 1.82) is 0 Å². The fourth-order valence-electron chi connectivity index (χ4n) is 2.45. The summed E-state index contributed by atoms with van der Waals surface area (Å²) in [7, 11) is -2.03. The smallest absolute Gasteiger partial charge is 0.192 e. The van der Waals surface area contributed by atoms with E-state index in [0.29, 0.717) is 0 Å². The third-order valence-corrected chi connectivity index (χ3v) is 9.84. The van der Waals surface area contributed by atoms with Crippen LogP contribution in [0.5, 0.6) is 0 Å². The number of hydrogen-bond acceptors (Lipinski definition) is 6. The number of rotatable bonds is 6. The second-order valence-corrected chi connectivity index (χ2v) is 13.2. The van der Waals surface area contributed by atoms with Crippen molar-refractivity contribution in [2.75, 3.05) is 6.61 Å². The maximum atomic E-state index is 10.3. The minimum Gasteiger partial charge on any atom is -0.414 e. The first kappa shape index (κ1) is 21.5. The average Bonchev–Trinajstić information content (AvgIpc) is 2.58. The Bertz CT molecular complexity index is 559. The molecule has 1 aliphatic rings. The van der Waals surface area contributed by atoms with Crippen molar-refractivity contribution in [3.8, 4) is 0 Å². The quantitative estimate of drug-likeness (QED) is 0.651. The zero-order valence-electron chi connectivity index (χ0n) is 16.3. The molecule has 1 heterocycles. The normalized spacial score (nSPS) is 30.4. The largest absolute Gasteiger partial charge is 0.414 e. The van der Waals surface area contributed by atoms with E-state index in [9.17, 15) is 15.3 Å². The number of aliphatic hydroxyl groups excluding tert-OH is 3. The summed E-state index contributed by atoms with van der Waals surface area (Å²) in [5, 5.41) is 30.6. The molecule has 0 bridgehead atoms. The fraction of sp³-hybridized carbons (Fsp3) is 0.684. The summed E-state index contributed by atoms with van der Waals surface area (Å²) in [6, 6.07) is 9.50. The molecule has 0 spiro atoms. The molecule has 1 aliphatic heterocycles. The van der Waals surface area contributed by atoms with Gasteiger partial charge in [0.1, 0.15) is 24.4 Å². The van der Waals surface area contributed by atoms with E-state index < -0.39 is 39.0 Å². The molecule has 2 rings (SSSR count). The van der Waals surface area contributed by atoms with E-state index in [-0.39, 0.29) is 18.3 Å². The highest BCUT2D eigenvalue weighted by atomic mass is 28.4. The molecular weight excluding hydrogens is 352 g/mol. The average molecular weight is 385 g/mol. The van der Waals surface area contributed by atoms with Crippen LogP contribution < -0.4 is 0 Å². The van der Waals surface area contributed by atoms with Gasteiger partial charge < -0.3 is 29.2 Å². The van der Waals surface area contributed by atoms with Gasteiger partial charge in [-0.15, -0.1) is 0 Å². The van der Waals surface area contributed by atoms with Crippen LogP contribution in [0.2, 0.25) is 18.1 Å². The van der Waals surface area contributed by atoms with E-state index >= 15 is 0 Å². The van der Waals surface area contributed by atoms with E-state index in [4.69, 9.17) is 13.9 Å². The molecule has 1 aromatic rings. The lowest BCUT2D eigenvalue weighted by atomic mass is 9.99. The lowest BCUT2D eigenvalue weighted by Gasteiger charge is -2.42. The second kappa shape index (κ2) is 8.47. The molecule has 1 aromatic carbocycles. The Kier molecular flexibility index (Phi) is 7.01. The Morgan fingerprint density at radius 2 is 1.62 bits per heavy atom. The molecule has 5 atom stereocenters. The molecule has 3 N–H and O–H groups in total. The van der Waals surface area contributed by atoms with Gasteiger partial charge in [0.25, 0.3) is 0 Å². The van der Waals surface area contributed by atoms with Crippen molar-refractivity contribution in [2.45, 2.75) is 76.2 Å².